The van der Waals surface area contributed by atoms with E-state index in [2.05, 4.69) is 30.2 Å². The number of hydrogen-bond donors (Lipinski definition) is 2. The maximum Gasteiger partial charge on any atom is 0.253 e. The summed E-state index contributed by atoms with van der Waals surface area (Å²) in [5.74, 6) is -2.60. The molecular weight excluding hydrogens is 526 g/mol. The molecule has 9 nitrogen and oxygen atoms in total. The van der Waals surface area contributed by atoms with E-state index in [1.807, 2.05) is 0 Å². The number of nitrogens with one attached hydrogen (secondary N) is 1. The fourth-order valence-corrected chi connectivity index (χ4v) is 6.15. The van der Waals surface area contributed by atoms with Crippen LogP contribution in [0.3, 0.4) is 0 Å². The molecule has 0 unspecified atom stereocenters. The molecule has 0 bridgehead atoms. The lowest BCUT2D eigenvalue weighted by molar-refractivity contribution is 0.123. The molecule has 6 rings (SSSR count). The number of amidine groups is 1. The molecule has 0 radical (unpaired) electrons. The minimum atomic E-state index is -2.69. The Balaban J connectivity index is 1.32. The van der Waals surface area contributed by atoms with Crippen LogP contribution in [0.15, 0.2) is 52.7 Å². The number of hydrogen-bond acceptors (Lipinski definition) is 10. The van der Waals surface area contributed by atoms with Crippen molar-refractivity contribution in [2.24, 2.45) is 16.6 Å². The number of oxazole rings is 1. The van der Waals surface area contributed by atoms with Gasteiger partial charge in [0.2, 0.25) is 5.88 Å². The molecular formula is C24H19F4N7O2S. The van der Waals surface area contributed by atoms with Crippen LogP contribution in [-0.4, -0.2) is 36.3 Å². The lowest BCUT2D eigenvalue weighted by Crippen LogP contribution is -2.39. The van der Waals surface area contributed by atoms with Gasteiger partial charge >= 0.3 is 0 Å². The monoisotopic (exact) mass is 545 g/mol. The highest BCUT2D eigenvalue weighted by Crippen LogP contribution is 2.68. The smallest absolute Gasteiger partial charge is 0.253 e. The van der Waals surface area contributed by atoms with Gasteiger partial charge in [0.25, 0.3) is 6.43 Å². The first-order valence-corrected chi connectivity index (χ1v) is 12.2. The number of ether oxygens (including phenoxy) is 1. The maximum atomic E-state index is 15.1. The number of anilines is 2. The van der Waals surface area contributed by atoms with Gasteiger partial charge in [-0.05, 0) is 25.5 Å². The quantitative estimate of drug-likeness (QED) is 0.312. The zero-order valence-electron chi connectivity index (χ0n) is 19.7. The third-order valence-electron chi connectivity index (χ3n) is 6.76. The van der Waals surface area contributed by atoms with Gasteiger partial charge in [-0.2, -0.15) is 0 Å². The molecule has 4 heterocycles. The van der Waals surface area contributed by atoms with Crippen LogP contribution in [0.5, 0.6) is 5.88 Å². The molecule has 1 aliphatic heterocycles. The number of thioether (sulfide) groups is 1. The molecule has 1 saturated carbocycles. The van der Waals surface area contributed by atoms with E-state index >= 15 is 4.39 Å². The van der Waals surface area contributed by atoms with Crippen LogP contribution < -0.4 is 15.8 Å². The summed E-state index contributed by atoms with van der Waals surface area (Å²) in [6, 6.07) is 3.90. The van der Waals surface area contributed by atoms with Crippen molar-refractivity contribution in [3.8, 4) is 5.88 Å². The summed E-state index contributed by atoms with van der Waals surface area (Å²) in [5.41, 5.74) is 5.69. The van der Waals surface area contributed by atoms with Gasteiger partial charge in [0, 0.05) is 29.4 Å². The van der Waals surface area contributed by atoms with Crippen LogP contribution in [0.25, 0.3) is 11.0 Å². The van der Waals surface area contributed by atoms with Gasteiger partial charge in [0.15, 0.2) is 29.0 Å². The van der Waals surface area contributed by atoms with Gasteiger partial charge < -0.3 is 20.2 Å². The van der Waals surface area contributed by atoms with Crippen molar-refractivity contribution in [3.63, 3.8) is 0 Å². The SMILES string of the molecule is C[C@@]1(c2cc(Nc3nccc4nc(OCc5cocn5)cnc34)cc(F)c2F)N=C(N)S[C@@]2(C(F)F)C[C@@H]12. The van der Waals surface area contributed by atoms with E-state index in [1.54, 1.807) is 6.07 Å². The highest BCUT2D eigenvalue weighted by Gasteiger charge is 2.71. The summed E-state index contributed by atoms with van der Waals surface area (Å²) in [4.78, 5) is 21.3. The van der Waals surface area contributed by atoms with Crippen molar-refractivity contribution in [1.82, 2.24) is 19.9 Å². The molecule has 1 aromatic carbocycles. The van der Waals surface area contributed by atoms with Gasteiger partial charge in [0.1, 0.15) is 24.1 Å². The van der Waals surface area contributed by atoms with Crippen LogP contribution in [0.4, 0.5) is 29.1 Å². The number of benzene rings is 1. The third kappa shape index (κ3) is 3.99. The second-order valence-electron chi connectivity index (χ2n) is 9.16. The van der Waals surface area contributed by atoms with Gasteiger partial charge in [-0.1, -0.05) is 11.8 Å². The third-order valence-corrected chi connectivity index (χ3v) is 8.07. The van der Waals surface area contributed by atoms with Crippen LogP contribution in [-0.2, 0) is 12.1 Å². The first-order valence-electron chi connectivity index (χ1n) is 11.4. The summed E-state index contributed by atoms with van der Waals surface area (Å²) < 4.78 is 66.7. The van der Waals surface area contributed by atoms with Crippen LogP contribution >= 0.6 is 11.8 Å². The van der Waals surface area contributed by atoms with E-state index in [1.165, 1.54) is 38.0 Å². The topological polar surface area (TPSA) is 124 Å². The van der Waals surface area contributed by atoms with Gasteiger partial charge in [-0.25, -0.2) is 37.5 Å². The lowest BCUT2D eigenvalue weighted by atomic mass is 9.85. The Labute approximate surface area is 216 Å². The lowest BCUT2D eigenvalue weighted by Gasteiger charge is -2.34. The standard InChI is InChI=1S/C24H19F4N7O2S/c1-23(16-6-24(16,21(27)28)38-22(29)35-23)13-4-11(5-14(25)18(13)26)33-20-19-15(2-3-30-20)34-17(7-31-19)37-9-12-8-36-10-32-12/h2-5,7-8,10,16,21H,6,9H2,1H3,(H2,29,35)(H,30,33)/t16-,23-,24-/m0/s1. The predicted molar refractivity (Wildman–Crippen MR) is 131 cm³/mol. The number of halogens is 4. The first kappa shape index (κ1) is 24.4. The Morgan fingerprint density at radius 3 is 2.87 bits per heavy atom. The van der Waals surface area contributed by atoms with Crippen molar-refractivity contribution in [2.45, 2.75) is 36.7 Å². The van der Waals surface area contributed by atoms with E-state index in [0.717, 1.165) is 17.8 Å². The zero-order valence-corrected chi connectivity index (χ0v) is 20.5. The minimum Gasteiger partial charge on any atom is -0.470 e. The number of fused-ring (bicyclic) bond motifs is 2. The van der Waals surface area contributed by atoms with Crippen molar-refractivity contribution < 1.29 is 26.7 Å². The molecule has 1 aliphatic carbocycles. The number of nitrogens with two attached hydrogens (primary N) is 1. The molecule has 4 aromatic rings. The van der Waals surface area contributed by atoms with Crippen molar-refractivity contribution in [1.29, 1.82) is 0 Å². The number of pyridine rings is 1. The van der Waals surface area contributed by atoms with E-state index in [0.29, 0.717) is 16.7 Å². The van der Waals surface area contributed by atoms with Crippen molar-refractivity contribution in [3.05, 3.63) is 66.1 Å². The molecule has 3 atom stereocenters. The Hall–Kier alpha value is -3.94. The second kappa shape index (κ2) is 8.82. The summed E-state index contributed by atoms with van der Waals surface area (Å²) in [6.45, 7) is 1.63. The molecule has 38 heavy (non-hydrogen) atoms. The first-order chi connectivity index (χ1) is 18.2. The van der Waals surface area contributed by atoms with Gasteiger partial charge in [0.05, 0.1) is 22.0 Å². The molecule has 1 fully saturated rings. The Bertz CT molecular complexity index is 1570. The van der Waals surface area contributed by atoms with Crippen LogP contribution in [0.2, 0.25) is 0 Å². The molecule has 2 aliphatic rings. The normalized spacial score (nSPS) is 24.3. The molecule has 0 spiro atoms. The summed E-state index contributed by atoms with van der Waals surface area (Å²) in [7, 11) is 0. The second-order valence-corrected chi connectivity index (χ2v) is 10.5. The Kier molecular flexibility index (Phi) is 5.67. The largest absolute Gasteiger partial charge is 0.470 e. The van der Waals surface area contributed by atoms with E-state index in [4.69, 9.17) is 14.9 Å². The summed E-state index contributed by atoms with van der Waals surface area (Å²) >= 11 is 0.792. The average Bonchev–Trinajstić information content (AvgIpc) is 3.42. The Morgan fingerprint density at radius 1 is 1.26 bits per heavy atom. The molecule has 3 aromatic heterocycles. The van der Waals surface area contributed by atoms with Gasteiger partial charge in [-0.15, -0.1) is 0 Å². The average molecular weight is 546 g/mol. The van der Waals surface area contributed by atoms with Gasteiger partial charge in [-0.3, -0.25) is 4.99 Å². The maximum absolute atomic E-state index is 15.1. The van der Waals surface area contributed by atoms with Crippen LogP contribution in [0.1, 0.15) is 24.6 Å². The van der Waals surface area contributed by atoms with E-state index in [-0.39, 0.29) is 41.1 Å². The number of alkyl halides is 2. The number of rotatable bonds is 7. The number of aromatic nitrogens is 4. The molecule has 0 saturated heterocycles. The fraction of sp³-hybridized carbons (Fsp3) is 0.292. The highest BCUT2D eigenvalue weighted by atomic mass is 32.2. The van der Waals surface area contributed by atoms with Crippen LogP contribution in [0, 0.1) is 17.6 Å². The van der Waals surface area contributed by atoms with Crippen molar-refractivity contribution in [2.75, 3.05) is 5.32 Å². The Morgan fingerprint density at radius 2 is 2.11 bits per heavy atom. The molecule has 0 amide bonds. The minimum absolute atomic E-state index is 0.0796. The predicted octanol–water partition coefficient (Wildman–Crippen LogP) is 4.91. The van der Waals surface area contributed by atoms with Crippen molar-refractivity contribution >= 4 is 39.5 Å². The number of nitrogens with zero attached hydrogens (tertiary/aromatic N) is 5. The summed E-state index contributed by atoms with van der Waals surface area (Å²) in [5, 5.41) is 2.85. The molecule has 14 heteroatoms. The number of aliphatic imine (C=N–C) groups is 1. The summed E-state index contributed by atoms with van der Waals surface area (Å²) in [6.07, 6.45) is 2.97. The molecule has 196 valence electrons. The zero-order chi connectivity index (χ0) is 26.7. The van der Waals surface area contributed by atoms with E-state index in [9.17, 15) is 13.2 Å². The van der Waals surface area contributed by atoms with E-state index < -0.39 is 34.3 Å². The highest BCUT2D eigenvalue weighted by molar-refractivity contribution is 8.15. The fourth-order valence-electron chi connectivity index (χ4n) is 4.82. The molecule has 3 N–H and O–H groups in total.